The van der Waals surface area contributed by atoms with Gasteiger partial charge in [-0.25, -0.2) is 4.79 Å². The number of aryl methyl sites for hydroxylation is 1. The van der Waals surface area contributed by atoms with Gasteiger partial charge >= 0.3 is 5.97 Å². The van der Waals surface area contributed by atoms with Crippen molar-refractivity contribution in [2.45, 2.75) is 26.3 Å². The Kier molecular flexibility index (Phi) is 6.93. The van der Waals surface area contributed by atoms with Crippen LogP contribution in [0.25, 0.3) is 0 Å². The van der Waals surface area contributed by atoms with Gasteiger partial charge in [-0.15, -0.1) is 0 Å². The predicted molar refractivity (Wildman–Crippen MR) is 101 cm³/mol. The highest BCUT2D eigenvalue weighted by molar-refractivity contribution is 5.91. The monoisotopic (exact) mass is 370 g/mol. The van der Waals surface area contributed by atoms with Crippen LogP contribution in [0.5, 0.6) is 5.75 Å². The van der Waals surface area contributed by atoms with Crippen molar-refractivity contribution in [3.8, 4) is 5.75 Å². The van der Waals surface area contributed by atoms with E-state index in [9.17, 15) is 14.4 Å². The molecule has 0 aromatic heterocycles. The topological polar surface area (TPSA) is 105 Å². The summed E-state index contributed by atoms with van der Waals surface area (Å²) in [7, 11) is 0. The minimum atomic E-state index is -1.08. The minimum Gasteiger partial charge on any atom is -0.482 e. The van der Waals surface area contributed by atoms with Crippen molar-refractivity contribution in [2.75, 3.05) is 11.9 Å². The molecular weight excluding hydrogens is 348 g/mol. The fourth-order valence-corrected chi connectivity index (χ4v) is 2.50. The highest BCUT2D eigenvalue weighted by atomic mass is 16.5. The molecule has 7 heteroatoms. The maximum Gasteiger partial charge on any atom is 0.341 e. The van der Waals surface area contributed by atoms with Crippen LogP contribution < -0.4 is 15.4 Å². The third-order valence-corrected chi connectivity index (χ3v) is 3.73. The summed E-state index contributed by atoms with van der Waals surface area (Å²) >= 11 is 0. The van der Waals surface area contributed by atoms with Crippen molar-refractivity contribution < 1.29 is 24.2 Å². The molecule has 1 unspecified atom stereocenters. The van der Waals surface area contributed by atoms with Gasteiger partial charge in [0, 0.05) is 18.7 Å². The first-order chi connectivity index (χ1) is 12.8. The third-order valence-electron chi connectivity index (χ3n) is 3.73. The lowest BCUT2D eigenvalue weighted by atomic mass is 10.0. The fourth-order valence-electron chi connectivity index (χ4n) is 2.50. The molecule has 0 heterocycles. The van der Waals surface area contributed by atoms with Crippen LogP contribution in [0.2, 0.25) is 0 Å². The molecule has 0 spiro atoms. The molecule has 0 saturated heterocycles. The van der Waals surface area contributed by atoms with Crippen LogP contribution in [0, 0.1) is 6.92 Å². The van der Waals surface area contributed by atoms with Crippen molar-refractivity contribution in [1.82, 2.24) is 5.32 Å². The summed E-state index contributed by atoms with van der Waals surface area (Å²) in [6.45, 7) is 2.90. The smallest absolute Gasteiger partial charge is 0.341 e. The lowest BCUT2D eigenvalue weighted by molar-refractivity contribution is -0.139. The predicted octanol–water partition coefficient (Wildman–Crippen LogP) is 2.66. The van der Waals surface area contributed by atoms with Crippen molar-refractivity contribution in [2.24, 2.45) is 0 Å². The number of ether oxygens (including phenoxy) is 1. The number of hydrogen-bond acceptors (Lipinski definition) is 4. The first-order valence-corrected chi connectivity index (χ1v) is 8.41. The van der Waals surface area contributed by atoms with E-state index in [1.54, 1.807) is 24.3 Å². The minimum absolute atomic E-state index is 0.0584. The van der Waals surface area contributed by atoms with Gasteiger partial charge in [0.25, 0.3) is 0 Å². The molecule has 0 aliphatic rings. The van der Waals surface area contributed by atoms with E-state index in [0.717, 1.165) is 11.1 Å². The fraction of sp³-hybridized carbons (Fsp3) is 0.250. The molecule has 2 aromatic carbocycles. The second kappa shape index (κ2) is 9.38. The van der Waals surface area contributed by atoms with Crippen molar-refractivity contribution in [3.63, 3.8) is 0 Å². The summed E-state index contributed by atoms with van der Waals surface area (Å²) in [6.07, 6.45) is 0.0584. The van der Waals surface area contributed by atoms with Crippen molar-refractivity contribution in [1.29, 1.82) is 0 Å². The number of anilines is 1. The van der Waals surface area contributed by atoms with E-state index >= 15 is 0 Å². The van der Waals surface area contributed by atoms with Crippen LogP contribution >= 0.6 is 0 Å². The number of benzene rings is 2. The van der Waals surface area contributed by atoms with Gasteiger partial charge in [-0.2, -0.15) is 0 Å². The van der Waals surface area contributed by atoms with Crippen LogP contribution in [0.3, 0.4) is 0 Å². The molecule has 0 aliphatic carbocycles. The van der Waals surface area contributed by atoms with Gasteiger partial charge in [0.05, 0.1) is 12.5 Å². The van der Waals surface area contributed by atoms with Crippen LogP contribution in [0.15, 0.2) is 48.5 Å². The second-order valence-corrected chi connectivity index (χ2v) is 6.13. The van der Waals surface area contributed by atoms with Crippen LogP contribution in [-0.2, 0) is 14.4 Å². The SMILES string of the molecule is CC(=O)NC(CC(=O)Nc1cccc(OCC(=O)O)c1)c1ccc(C)cc1. The molecular formula is C20H22N2O5. The normalized spacial score (nSPS) is 11.3. The van der Waals surface area contributed by atoms with Gasteiger partial charge in [-0.05, 0) is 24.6 Å². The van der Waals surface area contributed by atoms with Gasteiger partial charge in [0.15, 0.2) is 6.61 Å². The first kappa shape index (κ1) is 20.0. The Bertz CT molecular complexity index is 817. The van der Waals surface area contributed by atoms with E-state index in [0.29, 0.717) is 11.4 Å². The maximum absolute atomic E-state index is 12.4. The molecule has 2 rings (SSSR count). The van der Waals surface area contributed by atoms with E-state index in [2.05, 4.69) is 10.6 Å². The number of carboxylic acid groups (broad SMARTS) is 1. The molecule has 7 nitrogen and oxygen atoms in total. The molecule has 1 atom stereocenters. The maximum atomic E-state index is 12.4. The molecule has 3 N–H and O–H groups in total. The number of carbonyl (C=O) groups is 3. The van der Waals surface area contributed by atoms with E-state index in [4.69, 9.17) is 9.84 Å². The number of hydrogen-bond donors (Lipinski definition) is 3. The molecule has 0 fully saturated rings. The average molecular weight is 370 g/mol. The summed E-state index contributed by atoms with van der Waals surface area (Å²) in [4.78, 5) is 34.5. The second-order valence-electron chi connectivity index (χ2n) is 6.13. The van der Waals surface area contributed by atoms with E-state index < -0.39 is 18.6 Å². The van der Waals surface area contributed by atoms with Crippen LogP contribution in [0.4, 0.5) is 5.69 Å². The summed E-state index contributed by atoms with van der Waals surface area (Å²) < 4.78 is 5.10. The van der Waals surface area contributed by atoms with Crippen LogP contribution in [0.1, 0.15) is 30.5 Å². The average Bonchev–Trinajstić information content (AvgIpc) is 2.60. The molecule has 0 saturated carbocycles. The molecule has 27 heavy (non-hydrogen) atoms. The number of carbonyl (C=O) groups excluding carboxylic acids is 2. The molecule has 0 aliphatic heterocycles. The number of aliphatic carboxylic acids is 1. The standard InChI is InChI=1S/C20H22N2O5/c1-13-6-8-15(9-7-13)18(21-14(2)23)11-19(24)22-16-4-3-5-17(10-16)27-12-20(25)26/h3-10,18H,11-12H2,1-2H3,(H,21,23)(H,22,24)(H,25,26). The Morgan fingerprint density at radius 3 is 2.44 bits per heavy atom. The zero-order valence-corrected chi connectivity index (χ0v) is 15.2. The van der Waals surface area contributed by atoms with E-state index in [1.807, 2.05) is 31.2 Å². The highest BCUT2D eigenvalue weighted by Crippen LogP contribution is 2.21. The Balaban J connectivity index is 2.04. The lowest BCUT2D eigenvalue weighted by Crippen LogP contribution is -2.29. The largest absolute Gasteiger partial charge is 0.482 e. The van der Waals surface area contributed by atoms with Crippen LogP contribution in [-0.4, -0.2) is 29.5 Å². The lowest BCUT2D eigenvalue weighted by Gasteiger charge is -2.18. The van der Waals surface area contributed by atoms with Gasteiger partial charge in [-0.3, -0.25) is 9.59 Å². The molecule has 142 valence electrons. The van der Waals surface area contributed by atoms with Gasteiger partial charge in [-0.1, -0.05) is 35.9 Å². The van der Waals surface area contributed by atoms with E-state index in [1.165, 1.54) is 6.92 Å². The Morgan fingerprint density at radius 2 is 1.81 bits per heavy atom. The molecule has 0 bridgehead atoms. The first-order valence-electron chi connectivity index (χ1n) is 8.41. The number of rotatable bonds is 8. The molecule has 2 amide bonds. The van der Waals surface area contributed by atoms with Crippen molar-refractivity contribution in [3.05, 3.63) is 59.7 Å². The zero-order chi connectivity index (χ0) is 19.8. The summed E-state index contributed by atoms with van der Waals surface area (Å²) in [6, 6.07) is 13.6. The number of nitrogens with one attached hydrogen (secondary N) is 2. The van der Waals surface area contributed by atoms with Gasteiger partial charge in [0.1, 0.15) is 5.75 Å². The number of amides is 2. The highest BCUT2D eigenvalue weighted by Gasteiger charge is 2.17. The molecule has 2 aromatic rings. The van der Waals surface area contributed by atoms with Gasteiger partial charge < -0.3 is 20.5 Å². The Morgan fingerprint density at radius 1 is 1.11 bits per heavy atom. The third kappa shape index (κ3) is 6.81. The zero-order valence-electron chi connectivity index (χ0n) is 15.2. The Hall–Kier alpha value is -3.35. The van der Waals surface area contributed by atoms with E-state index in [-0.39, 0.29) is 18.2 Å². The Labute approximate surface area is 157 Å². The summed E-state index contributed by atoms with van der Waals surface area (Å²) in [5.74, 6) is -1.25. The molecule has 0 radical (unpaired) electrons. The van der Waals surface area contributed by atoms with Crippen molar-refractivity contribution >= 4 is 23.5 Å². The van der Waals surface area contributed by atoms with Gasteiger partial charge in [0.2, 0.25) is 11.8 Å². The summed E-state index contributed by atoms with van der Waals surface area (Å²) in [5.41, 5.74) is 2.40. The number of carboxylic acids is 1. The quantitative estimate of drug-likeness (QED) is 0.663. The summed E-state index contributed by atoms with van der Waals surface area (Å²) in [5, 5.41) is 14.2.